The lowest BCUT2D eigenvalue weighted by molar-refractivity contribution is 0.0950. The van der Waals surface area contributed by atoms with Crippen LogP contribution in [0, 0.1) is 20.8 Å². The molecule has 0 radical (unpaired) electrons. The molecule has 0 bridgehead atoms. The van der Waals surface area contributed by atoms with E-state index in [1.54, 1.807) is 25.5 Å². The van der Waals surface area contributed by atoms with Gasteiger partial charge in [-0.1, -0.05) is 5.16 Å². The van der Waals surface area contributed by atoms with Crippen LogP contribution < -0.4 is 10.9 Å². The highest BCUT2D eigenvalue weighted by atomic mass is 16.5. The van der Waals surface area contributed by atoms with Crippen LogP contribution in [0.3, 0.4) is 0 Å². The van der Waals surface area contributed by atoms with Crippen LogP contribution in [-0.2, 0) is 17.7 Å². The van der Waals surface area contributed by atoms with E-state index in [1.807, 2.05) is 13.0 Å². The molecule has 8 nitrogen and oxygen atoms in total. The fourth-order valence-electron chi connectivity index (χ4n) is 2.48. The number of hydrogen-bond donors (Lipinski definition) is 1. The van der Waals surface area contributed by atoms with Gasteiger partial charge in [0.2, 0.25) is 5.89 Å². The monoisotopic (exact) mass is 334 g/mol. The van der Waals surface area contributed by atoms with E-state index in [1.165, 1.54) is 0 Å². The van der Waals surface area contributed by atoms with E-state index in [4.69, 9.17) is 9.26 Å². The Kier molecular flexibility index (Phi) is 5.86. The standard InChI is InChI=1S/C16H22N4O4/c1-10-9-11(2)20(7-8-23-4)16(22)14(10)15(21)17-6-5-13-18-12(3)19-24-13/h9H,5-8H2,1-4H3,(H,17,21). The lowest BCUT2D eigenvalue weighted by atomic mass is 10.1. The maximum atomic E-state index is 12.6. The molecule has 0 aliphatic carbocycles. The Morgan fingerprint density at radius 1 is 1.38 bits per heavy atom. The van der Waals surface area contributed by atoms with Crippen LogP contribution in [0.25, 0.3) is 0 Å². The summed E-state index contributed by atoms with van der Waals surface area (Å²) in [6.45, 7) is 6.44. The van der Waals surface area contributed by atoms with Crippen molar-refractivity contribution in [2.75, 3.05) is 20.3 Å². The molecule has 0 aliphatic heterocycles. The first-order valence-corrected chi connectivity index (χ1v) is 7.71. The third kappa shape index (κ3) is 4.08. The highest BCUT2D eigenvalue weighted by molar-refractivity contribution is 5.95. The number of nitrogens with one attached hydrogen (secondary N) is 1. The van der Waals surface area contributed by atoms with Gasteiger partial charge in [-0.2, -0.15) is 4.98 Å². The summed E-state index contributed by atoms with van der Waals surface area (Å²) < 4.78 is 11.6. The van der Waals surface area contributed by atoms with Gasteiger partial charge >= 0.3 is 0 Å². The second-order valence-corrected chi connectivity index (χ2v) is 5.53. The van der Waals surface area contributed by atoms with Crippen molar-refractivity contribution in [3.63, 3.8) is 0 Å². The number of aromatic nitrogens is 3. The van der Waals surface area contributed by atoms with Crippen molar-refractivity contribution >= 4 is 5.91 Å². The number of rotatable bonds is 7. The fraction of sp³-hybridized carbons (Fsp3) is 0.500. The van der Waals surface area contributed by atoms with Crippen LogP contribution in [0.15, 0.2) is 15.4 Å². The van der Waals surface area contributed by atoms with Crippen LogP contribution in [0.4, 0.5) is 0 Å². The lowest BCUT2D eigenvalue weighted by Crippen LogP contribution is -2.36. The first-order valence-electron chi connectivity index (χ1n) is 7.71. The Morgan fingerprint density at radius 3 is 2.75 bits per heavy atom. The van der Waals surface area contributed by atoms with E-state index in [2.05, 4.69) is 15.5 Å². The van der Waals surface area contributed by atoms with Crippen LogP contribution in [0.5, 0.6) is 0 Å². The SMILES string of the molecule is COCCn1c(C)cc(C)c(C(=O)NCCc2nc(C)no2)c1=O. The molecule has 0 aliphatic rings. The van der Waals surface area contributed by atoms with Crippen LogP contribution in [0.1, 0.15) is 33.3 Å². The van der Waals surface area contributed by atoms with Gasteiger partial charge in [-0.05, 0) is 32.4 Å². The van der Waals surface area contributed by atoms with Gasteiger partial charge in [0.25, 0.3) is 11.5 Å². The van der Waals surface area contributed by atoms with E-state index in [9.17, 15) is 9.59 Å². The van der Waals surface area contributed by atoms with Crippen LogP contribution >= 0.6 is 0 Å². The molecule has 0 fully saturated rings. The first-order chi connectivity index (χ1) is 11.4. The molecule has 0 unspecified atom stereocenters. The molecular formula is C16H22N4O4. The van der Waals surface area contributed by atoms with Crippen LogP contribution in [0.2, 0.25) is 0 Å². The number of pyridine rings is 1. The minimum atomic E-state index is -0.403. The molecule has 2 aromatic rings. The number of carbonyl (C=O) groups is 1. The normalized spacial score (nSPS) is 10.8. The van der Waals surface area contributed by atoms with Crippen molar-refractivity contribution in [1.29, 1.82) is 0 Å². The van der Waals surface area contributed by atoms with Gasteiger partial charge < -0.3 is 19.1 Å². The smallest absolute Gasteiger partial charge is 0.263 e. The number of ether oxygens (including phenoxy) is 1. The Labute approximate surface area is 139 Å². The maximum absolute atomic E-state index is 12.6. The number of nitrogens with zero attached hydrogens (tertiary/aromatic N) is 3. The summed E-state index contributed by atoms with van der Waals surface area (Å²) in [4.78, 5) is 29.1. The largest absolute Gasteiger partial charge is 0.383 e. The van der Waals surface area contributed by atoms with Gasteiger partial charge in [0.1, 0.15) is 5.56 Å². The summed E-state index contributed by atoms with van der Waals surface area (Å²) in [5.74, 6) is 0.595. The molecule has 0 aromatic carbocycles. The average molecular weight is 334 g/mol. The topological polar surface area (TPSA) is 99.2 Å². The third-order valence-electron chi connectivity index (χ3n) is 3.64. The molecule has 1 N–H and O–H groups in total. The minimum Gasteiger partial charge on any atom is -0.383 e. The highest BCUT2D eigenvalue weighted by Gasteiger charge is 2.17. The predicted molar refractivity (Wildman–Crippen MR) is 87.1 cm³/mol. The molecule has 2 heterocycles. The van der Waals surface area contributed by atoms with Gasteiger partial charge in [0.15, 0.2) is 5.82 Å². The Hall–Kier alpha value is -2.48. The summed E-state index contributed by atoms with van der Waals surface area (Å²) >= 11 is 0. The van der Waals surface area contributed by atoms with Gasteiger partial charge in [0, 0.05) is 32.3 Å². The fourth-order valence-corrected chi connectivity index (χ4v) is 2.48. The highest BCUT2D eigenvalue weighted by Crippen LogP contribution is 2.07. The summed E-state index contributed by atoms with van der Waals surface area (Å²) in [5.41, 5.74) is 1.29. The van der Waals surface area contributed by atoms with E-state index < -0.39 is 5.91 Å². The lowest BCUT2D eigenvalue weighted by Gasteiger charge is -2.14. The molecule has 0 saturated carbocycles. The zero-order valence-electron chi connectivity index (χ0n) is 14.4. The van der Waals surface area contributed by atoms with Crippen molar-refractivity contribution in [1.82, 2.24) is 20.0 Å². The molecule has 1 amide bonds. The van der Waals surface area contributed by atoms with Crippen LogP contribution in [-0.4, -0.2) is 40.9 Å². The molecule has 8 heteroatoms. The van der Waals surface area contributed by atoms with E-state index in [0.29, 0.717) is 43.4 Å². The summed E-state index contributed by atoms with van der Waals surface area (Å²) in [6.07, 6.45) is 0.412. The van der Waals surface area contributed by atoms with Gasteiger partial charge in [-0.15, -0.1) is 0 Å². The summed E-state index contributed by atoms with van der Waals surface area (Å²) in [6, 6.07) is 1.83. The van der Waals surface area contributed by atoms with Crippen molar-refractivity contribution in [3.05, 3.63) is 45.0 Å². The third-order valence-corrected chi connectivity index (χ3v) is 3.64. The number of aryl methyl sites for hydroxylation is 3. The average Bonchev–Trinajstić information content (AvgIpc) is 2.92. The van der Waals surface area contributed by atoms with Crippen molar-refractivity contribution in [2.24, 2.45) is 0 Å². The quantitative estimate of drug-likeness (QED) is 0.803. The Balaban J connectivity index is 2.11. The van der Waals surface area contributed by atoms with Crippen molar-refractivity contribution < 1.29 is 14.1 Å². The molecule has 24 heavy (non-hydrogen) atoms. The predicted octanol–water partition coefficient (Wildman–Crippen LogP) is 0.775. The molecular weight excluding hydrogens is 312 g/mol. The Morgan fingerprint density at radius 2 is 2.12 bits per heavy atom. The van der Waals surface area contributed by atoms with Crippen molar-refractivity contribution in [2.45, 2.75) is 33.7 Å². The minimum absolute atomic E-state index is 0.151. The zero-order chi connectivity index (χ0) is 17.7. The Bertz CT molecular complexity index is 779. The number of hydrogen-bond acceptors (Lipinski definition) is 6. The molecule has 2 aromatic heterocycles. The van der Waals surface area contributed by atoms with E-state index in [-0.39, 0.29) is 11.1 Å². The first kappa shape index (κ1) is 17.9. The maximum Gasteiger partial charge on any atom is 0.263 e. The van der Waals surface area contributed by atoms with Gasteiger partial charge in [-0.25, -0.2) is 0 Å². The summed E-state index contributed by atoms with van der Waals surface area (Å²) in [7, 11) is 1.57. The number of methoxy groups -OCH3 is 1. The second-order valence-electron chi connectivity index (χ2n) is 5.53. The number of amides is 1. The molecule has 0 atom stereocenters. The van der Waals surface area contributed by atoms with Crippen molar-refractivity contribution in [3.8, 4) is 0 Å². The number of carbonyl (C=O) groups excluding carboxylic acids is 1. The van der Waals surface area contributed by atoms with E-state index in [0.717, 1.165) is 5.69 Å². The molecule has 2 rings (SSSR count). The zero-order valence-corrected chi connectivity index (χ0v) is 14.4. The second kappa shape index (κ2) is 7.87. The molecule has 130 valence electrons. The molecule has 0 spiro atoms. The molecule has 0 saturated heterocycles. The van der Waals surface area contributed by atoms with Gasteiger partial charge in [-0.3, -0.25) is 9.59 Å². The van der Waals surface area contributed by atoms with Gasteiger partial charge in [0.05, 0.1) is 6.61 Å². The summed E-state index contributed by atoms with van der Waals surface area (Å²) in [5, 5.41) is 6.42. The van der Waals surface area contributed by atoms with E-state index >= 15 is 0 Å².